The minimum atomic E-state index is 0.718. The first kappa shape index (κ1) is 9.36. The SMILES string of the molecule is C=Cc1ccccc1SOCC. The summed E-state index contributed by atoms with van der Waals surface area (Å²) in [6.45, 7) is 6.42. The van der Waals surface area contributed by atoms with E-state index in [1.807, 2.05) is 37.3 Å². The Bertz CT molecular complexity index is 258. The van der Waals surface area contributed by atoms with Gasteiger partial charge in [0.1, 0.15) is 0 Å². The number of rotatable bonds is 4. The van der Waals surface area contributed by atoms with Gasteiger partial charge in [0.2, 0.25) is 0 Å². The predicted molar refractivity (Wildman–Crippen MR) is 54.0 cm³/mol. The number of hydrogen-bond acceptors (Lipinski definition) is 2. The Morgan fingerprint density at radius 2 is 2.25 bits per heavy atom. The molecule has 2 heteroatoms. The van der Waals surface area contributed by atoms with E-state index in [0.717, 1.165) is 17.1 Å². The molecule has 1 rings (SSSR count). The van der Waals surface area contributed by atoms with Crippen molar-refractivity contribution >= 4 is 18.1 Å². The lowest BCUT2D eigenvalue weighted by Gasteiger charge is -2.02. The lowest BCUT2D eigenvalue weighted by atomic mass is 10.2. The highest BCUT2D eigenvalue weighted by molar-refractivity contribution is 7.94. The van der Waals surface area contributed by atoms with E-state index >= 15 is 0 Å². The summed E-state index contributed by atoms with van der Waals surface area (Å²) in [5.41, 5.74) is 1.12. The smallest absolute Gasteiger partial charge is 0.0590 e. The Kier molecular flexibility index (Phi) is 3.91. The fourth-order valence-electron chi connectivity index (χ4n) is 0.847. The van der Waals surface area contributed by atoms with Crippen molar-refractivity contribution in [3.05, 3.63) is 36.4 Å². The van der Waals surface area contributed by atoms with Crippen molar-refractivity contribution in [3.8, 4) is 0 Å². The van der Waals surface area contributed by atoms with Crippen molar-refractivity contribution < 1.29 is 4.18 Å². The van der Waals surface area contributed by atoms with Crippen molar-refractivity contribution in [2.45, 2.75) is 11.8 Å². The summed E-state index contributed by atoms with van der Waals surface area (Å²) in [6.07, 6.45) is 1.83. The Labute approximate surface area is 77.6 Å². The maximum Gasteiger partial charge on any atom is 0.0590 e. The molecule has 0 heterocycles. The zero-order valence-corrected chi connectivity index (χ0v) is 7.93. The van der Waals surface area contributed by atoms with Crippen molar-refractivity contribution in [2.24, 2.45) is 0 Å². The molecular formula is C10H12OS. The third kappa shape index (κ3) is 2.40. The molecular weight excluding hydrogens is 168 g/mol. The molecule has 0 aromatic heterocycles. The van der Waals surface area contributed by atoms with Gasteiger partial charge in [-0.3, -0.25) is 0 Å². The van der Waals surface area contributed by atoms with E-state index in [2.05, 4.69) is 6.58 Å². The van der Waals surface area contributed by atoms with Gasteiger partial charge in [0.15, 0.2) is 0 Å². The lowest BCUT2D eigenvalue weighted by Crippen LogP contribution is -1.81. The predicted octanol–water partition coefficient (Wildman–Crippen LogP) is 3.37. The monoisotopic (exact) mass is 180 g/mol. The summed E-state index contributed by atoms with van der Waals surface area (Å²) in [4.78, 5) is 1.12. The first-order valence-electron chi connectivity index (χ1n) is 3.89. The van der Waals surface area contributed by atoms with Gasteiger partial charge in [-0.25, -0.2) is 0 Å². The topological polar surface area (TPSA) is 9.23 Å². The molecule has 0 N–H and O–H groups in total. The van der Waals surface area contributed by atoms with E-state index in [4.69, 9.17) is 4.18 Å². The van der Waals surface area contributed by atoms with Crippen LogP contribution in [-0.4, -0.2) is 6.61 Å². The van der Waals surface area contributed by atoms with Crippen LogP contribution in [0.15, 0.2) is 35.7 Å². The van der Waals surface area contributed by atoms with Gasteiger partial charge in [0.25, 0.3) is 0 Å². The molecule has 0 spiro atoms. The minimum Gasteiger partial charge on any atom is -0.311 e. The van der Waals surface area contributed by atoms with E-state index < -0.39 is 0 Å². The summed E-state index contributed by atoms with van der Waals surface area (Å²) < 4.78 is 5.23. The molecule has 0 amide bonds. The van der Waals surface area contributed by atoms with Gasteiger partial charge >= 0.3 is 0 Å². The van der Waals surface area contributed by atoms with Gasteiger partial charge in [0, 0.05) is 16.9 Å². The molecule has 0 aliphatic heterocycles. The van der Waals surface area contributed by atoms with Crippen LogP contribution in [0, 0.1) is 0 Å². The van der Waals surface area contributed by atoms with Gasteiger partial charge in [-0.1, -0.05) is 30.9 Å². The van der Waals surface area contributed by atoms with E-state index in [1.54, 1.807) is 0 Å². The van der Waals surface area contributed by atoms with E-state index in [0.29, 0.717) is 0 Å². The minimum absolute atomic E-state index is 0.718. The second-order valence-corrected chi connectivity index (χ2v) is 3.07. The molecule has 0 fully saturated rings. The summed E-state index contributed by atoms with van der Waals surface area (Å²) in [6, 6.07) is 8.03. The Morgan fingerprint density at radius 1 is 1.50 bits per heavy atom. The molecule has 0 unspecified atom stereocenters. The third-order valence-corrected chi connectivity index (χ3v) is 2.31. The largest absolute Gasteiger partial charge is 0.311 e. The third-order valence-electron chi connectivity index (χ3n) is 1.41. The zero-order chi connectivity index (χ0) is 8.81. The van der Waals surface area contributed by atoms with E-state index in [9.17, 15) is 0 Å². The number of hydrogen-bond donors (Lipinski definition) is 0. The second kappa shape index (κ2) is 5.01. The first-order chi connectivity index (χ1) is 5.88. The lowest BCUT2D eigenvalue weighted by molar-refractivity contribution is 0.402. The molecule has 0 aliphatic rings. The Balaban J connectivity index is 2.75. The molecule has 64 valence electrons. The summed E-state index contributed by atoms with van der Waals surface area (Å²) in [5, 5.41) is 0. The van der Waals surface area contributed by atoms with Crippen LogP contribution in [0.4, 0.5) is 0 Å². The van der Waals surface area contributed by atoms with Gasteiger partial charge < -0.3 is 4.18 Å². The van der Waals surface area contributed by atoms with Crippen molar-refractivity contribution in [2.75, 3.05) is 6.61 Å². The van der Waals surface area contributed by atoms with Crippen LogP contribution in [0.2, 0.25) is 0 Å². The van der Waals surface area contributed by atoms with Crippen LogP contribution in [0.1, 0.15) is 12.5 Å². The fourth-order valence-corrected chi connectivity index (χ4v) is 1.47. The van der Waals surface area contributed by atoms with E-state index in [1.165, 1.54) is 12.0 Å². The van der Waals surface area contributed by atoms with Gasteiger partial charge in [-0.15, -0.1) is 0 Å². The summed E-state index contributed by atoms with van der Waals surface area (Å²) in [5.74, 6) is 0. The quantitative estimate of drug-likeness (QED) is 0.657. The molecule has 1 nitrogen and oxygen atoms in total. The maximum absolute atomic E-state index is 5.23. The van der Waals surface area contributed by atoms with Crippen LogP contribution < -0.4 is 0 Å². The van der Waals surface area contributed by atoms with Crippen molar-refractivity contribution in [1.82, 2.24) is 0 Å². The zero-order valence-electron chi connectivity index (χ0n) is 7.12. The average molecular weight is 180 g/mol. The Morgan fingerprint density at radius 3 is 2.92 bits per heavy atom. The normalized spacial score (nSPS) is 9.75. The second-order valence-electron chi connectivity index (χ2n) is 2.23. The van der Waals surface area contributed by atoms with Crippen LogP contribution in [0.25, 0.3) is 6.08 Å². The molecule has 0 saturated heterocycles. The van der Waals surface area contributed by atoms with Crippen molar-refractivity contribution in [1.29, 1.82) is 0 Å². The Hall–Kier alpha value is -0.730. The molecule has 0 saturated carbocycles. The highest BCUT2D eigenvalue weighted by Crippen LogP contribution is 2.23. The van der Waals surface area contributed by atoms with Gasteiger partial charge in [-0.2, -0.15) is 0 Å². The van der Waals surface area contributed by atoms with Crippen LogP contribution >= 0.6 is 12.0 Å². The summed E-state index contributed by atoms with van der Waals surface area (Å²) >= 11 is 1.40. The molecule has 0 radical (unpaired) electrons. The molecule has 0 atom stereocenters. The molecule has 0 aliphatic carbocycles. The first-order valence-corrected chi connectivity index (χ1v) is 4.63. The summed E-state index contributed by atoms with van der Waals surface area (Å²) in [7, 11) is 0. The molecule has 1 aromatic rings. The maximum atomic E-state index is 5.23. The number of benzene rings is 1. The average Bonchev–Trinajstić information content (AvgIpc) is 2.15. The van der Waals surface area contributed by atoms with Crippen LogP contribution in [0.5, 0.6) is 0 Å². The highest BCUT2D eigenvalue weighted by Gasteiger charge is 1.97. The van der Waals surface area contributed by atoms with E-state index in [-0.39, 0.29) is 0 Å². The van der Waals surface area contributed by atoms with Gasteiger partial charge in [0.05, 0.1) is 6.61 Å². The van der Waals surface area contributed by atoms with Crippen LogP contribution in [-0.2, 0) is 4.18 Å². The van der Waals surface area contributed by atoms with Gasteiger partial charge in [-0.05, 0) is 18.6 Å². The highest BCUT2D eigenvalue weighted by atomic mass is 32.2. The van der Waals surface area contributed by atoms with Crippen molar-refractivity contribution in [3.63, 3.8) is 0 Å². The molecule has 0 bridgehead atoms. The molecule has 12 heavy (non-hydrogen) atoms. The molecule has 1 aromatic carbocycles. The van der Waals surface area contributed by atoms with Crippen LogP contribution in [0.3, 0.4) is 0 Å². The standard InChI is InChI=1S/C10H12OS/c1-3-9-7-5-6-8-10(9)12-11-4-2/h3,5-8H,1,4H2,2H3. The fraction of sp³-hybridized carbons (Fsp3) is 0.200.